The number of ether oxygens (including phenoxy) is 1. The van der Waals surface area contributed by atoms with Gasteiger partial charge in [0, 0.05) is 18.7 Å². The number of aryl methyl sites for hydroxylation is 2. The van der Waals surface area contributed by atoms with Crippen molar-refractivity contribution >= 4 is 0 Å². The molecule has 1 heterocycles. The zero-order valence-electron chi connectivity index (χ0n) is 11.1. The summed E-state index contributed by atoms with van der Waals surface area (Å²) in [6.07, 6.45) is 0.292. The fourth-order valence-electron chi connectivity index (χ4n) is 1.93. The number of hydrogen-bond acceptors (Lipinski definition) is 4. The molecule has 0 bridgehead atoms. The lowest BCUT2D eigenvalue weighted by Crippen LogP contribution is -2.25. The summed E-state index contributed by atoms with van der Waals surface area (Å²) in [5, 5.41) is 12.9. The van der Waals surface area contributed by atoms with Gasteiger partial charge < -0.3 is 19.6 Å². The number of nitrogens with one attached hydrogen (secondary N) is 1. The largest absolute Gasteiger partial charge is 0.466 e. The first-order valence-electron chi connectivity index (χ1n) is 6.02. The SMILES string of the molecule is COCC(O)CCNC(C)c1cc(C)oc1C. The van der Waals surface area contributed by atoms with Crippen LogP contribution in [0.5, 0.6) is 0 Å². The molecule has 1 rings (SSSR count). The van der Waals surface area contributed by atoms with Crippen LogP contribution in [0.4, 0.5) is 0 Å². The highest BCUT2D eigenvalue weighted by Gasteiger charge is 2.12. The maximum atomic E-state index is 9.51. The molecule has 0 saturated carbocycles. The van der Waals surface area contributed by atoms with Crippen LogP contribution in [0.1, 0.15) is 36.5 Å². The summed E-state index contributed by atoms with van der Waals surface area (Å²) in [4.78, 5) is 0. The monoisotopic (exact) mass is 241 g/mol. The van der Waals surface area contributed by atoms with Crippen LogP contribution in [0.3, 0.4) is 0 Å². The van der Waals surface area contributed by atoms with Gasteiger partial charge in [-0.05, 0) is 39.8 Å². The summed E-state index contributed by atoms with van der Waals surface area (Å²) < 4.78 is 10.4. The molecule has 1 aromatic rings. The fourth-order valence-corrected chi connectivity index (χ4v) is 1.93. The number of rotatable bonds is 7. The van der Waals surface area contributed by atoms with Crippen molar-refractivity contribution in [3.8, 4) is 0 Å². The van der Waals surface area contributed by atoms with E-state index in [4.69, 9.17) is 9.15 Å². The Morgan fingerprint density at radius 2 is 2.18 bits per heavy atom. The highest BCUT2D eigenvalue weighted by Crippen LogP contribution is 2.20. The van der Waals surface area contributed by atoms with Crippen LogP contribution in [-0.2, 0) is 4.74 Å². The van der Waals surface area contributed by atoms with Gasteiger partial charge in [0.05, 0.1) is 12.7 Å². The molecule has 0 amide bonds. The Balaban J connectivity index is 2.35. The van der Waals surface area contributed by atoms with E-state index in [1.807, 2.05) is 13.8 Å². The van der Waals surface area contributed by atoms with Crippen molar-refractivity contribution in [3.05, 3.63) is 23.2 Å². The van der Waals surface area contributed by atoms with Crippen LogP contribution in [0.2, 0.25) is 0 Å². The quantitative estimate of drug-likeness (QED) is 0.766. The summed E-state index contributed by atoms with van der Waals surface area (Å²) in [7, 11) is 1.59. The second-order valence-corrected chi connectivity index (χ2v) is 4.44. The molecule has 2 unspecified atom stereocenters. The van der Waals surface area contributed by atoms with Crippen molar-refractivity contribution < 1.29 is 14.3 Å². The molecule has 17 heavy (non-hydrogen) atoms. The minimum absolute atomic E-state index is 0.238. The standard InChI is InChI=1S/C13H23NO3/c1-9-7-13(11(3)17-9)10(2)14-6-5-12(15)8-16-4/h7,10,12,14-15H,5-6,8H2,1-4H3. The molecule has 4 nitrogen and oxygen atoms in total. The average Bonchev–Trinajstić information content (AvgIpc) is 2.58. The van der Waals surface area contributed by atoms with Gasteiger partial charge in [0.2, 0.25) is 0 Å². The van der Waals surface area contributed by atoms with E-state index < -0.39 is 6.10 Å². The lowest BCUT2D eigenvalue weighted by Gasteiger charge is -2.15. The molecule has 0 fully saturated rings. The molecule has 4 heteroatoms. The van der Waals surface area contributed by atoms with Crippen LogP contribution in [0, 0.1) is 13.8 Å². The van der Waals surface area contributed by atoms with Crippen molar-refractivity contribution in [2.75, 3.05) is 20.3 Å². The molecule has 0 spiro atoms. The first-order valence-corrected chi connectivity index (χ1v) is 6.02. The Morgan fingerprint density at radius 1 is 1.47 bits per heavy atom. The van der Waals surface area contributed by atoms with Crippen molar-refractivity contribution in [1.29, 1.82) is 0 Å². The van der Waals surface area contributed by atoms with E-state index in [9.17, 15) is 5.11 Å². The number of furan rings is 1. The number of methoxy groups -OCH3 is 1. The van der Waals surface area contributed by atoms with Crippen molar-refractivity contribution in [2.24, 2.45) is 0 Å². The van der Waals surface area contributed by atoms with E-state index in [1.54, 1.807) is 7.11 Å². The number of hydrogen-bond donors (Lipinski definition) is 2. The second-order valence-electron chi connectivity index (χ2n) is 4.44. The topological polar surface area (TPSA) is 54.6 Å². The average molecular weight is 241 g/mol. The molecule has 2 atom stereocenters. The molecular formula is C13H23NO3. The Kier molecular flexibility index (Phi) is 5.68. The van der Waals surface area contributed by atoms with Crippen LogP contribution < -0.4 is 5.32 Å². The van der Waals surface area contributed by atoms with E-state index in [-0.39, 0.29) is 6.04 Å². The lowest BCUT2D eigenvalue weighted by molar-refractivity contribution is 0.0590. The highest BCUT2D eigenvalue weighted by molar-refractivity contribution is 5.23. The van der Waals surface area contributed by atoms with Gasteiger partial charge in [-0.15, -0.1) is 0 Å². The molecule has 0 radical (unpaired) electrons. The molecule has 0 aliphatic carbocycles. The van der Waals surface area contributed by atoms with Crippen molar-refractivity contribution in [3.63, 3.8) is 0 Å². The Hall–Kier alpha value is -0.840. The van der Waals surface area contributed by atoms with Gasteiger partial charge >= 0.3 is 0 Å². The van der Waals surface area contributed by atoms with Gasteiger partial charge in [0.15, 0.2) is 0 Å². The summed E-state index contributed by atoms with van der Waals surface area (Å²) in [5.41, 5.74) is 1.18. The van der Waals surface area contributed by atoms with Crippen LogP contribution >= 0.6 is 0 Å². The molecule has 98 valence electrons. The maximum absolute atomic E-state index is 9.51. The van der Waals surface area contributed by atoms with Gasteiger partial charge in [0.25, 0.3) is 0 Å². The molecule has 0 aromatic carbocycles. The maximum Gasteiger partial charge on any atom is 0.105 e. The first kappa shape index (κ1) is 14.2. The van der Waals surface area contributed by atoms with Gasteiger partial charge in [-0.2, -0.15) is 0 Å². The third kappa shape index (κ3) is 4.50. The van der Waals surface area contributed by atoms with E-state index in [2.05, 4.69) is 18.3 Å². The van der Waals surface area contributed by atoms with E-state index >= 15 is 0 Å². The zero-order valence-corrected chi connectivity index (χ0v) is 11.1. The van der Waals surface area contributed by atoms with Crippen LogP contribution in [0.15, 0.2) is 10.5 Å². The van der Waals surface area contributed by atoms with E-state index in [1.165, 1.54) is 5.56 Å². The molecular weight excluding hydrogens is 218 g/mol. The van der Waals surface area contributed by atoms with E-state index in [0.29, 0.717) is 13.0 Å². The normalized spacial score (nSPS) is 14.9. The molecule has 0 saturated heterocycles. The molecule has 1 aromatic heterocycles. The van der Waals surface area contributed by atoms with Gasteiger partial charge in [-0.1, -0.05) is 0 Å². The fraction of sp³-hybridized carbons (Fsp3) is 0.692. The molecule has 0 aliphatic rings. The first-order chi connectivity index (χ1) is 8.04. The Bertz CT molecular complexity index is 335. The summed E-state index contributed by atoms with van der Waals surface area (Å²) in [6, 6.07) is 2.29. The molecule has 2 N–H and O–H groups in total. The Morgan fingerprint density at radius 3 is 2.71 bits per heavy atom. The minimum Gasteiger partial charge on any atom is -0.466 e. The predicted octanol–water partition coefficient (Wildman–Crippen LogP) is 1.94. The smallest absolute Gasteiger partial charge is 0.105 e. The van der Waals surface area contributed by atoms with Gasteiger partial charge in [-0.25, -0.2) is 0 Å². The lowest BCUT2D eigenvalue weighted by atomic mass is 10.1. The van der Waals surface area contributed by atoms with E-state index in [0.717, 1.165) is 18.1 Å². The number of aliphatic hydroxyl groups excluding tert-OH is 1. The third-order valence-electron chi connectivity index (χ3n) is 2.83. The van der Waals surface area contributed by atoms with Gasteiger partial charge in [0.1, 0.15) is 11.5 Å². The van der Waals surface area contributed by atoms with Crippen molar-refractivity contribution in [2.45, 2.75) is 39.3 Å². The minimum atomic E-state index is -0.396. The number of aliphatic hydroxyl groups is 1. The highest BCUT2D eigenvalue weighted by atomic mass is 16.5. The Labute approximate surface area is 103 Å². The third-order valence-corrected chi connectivity index (χ3v) is 2.83. The summed E-state index contributed by atoms with van der Waals surface area (Å²) in [5.74, 6) is 1.89. The van der Waals surface area contributed by atoms with Crippen LogP contribution in [0.25, 0.3) is 0 Å². The zero-order chi connectivity index (χ0) is 12.8. The van der Waals surface area contributed by atoms with Crippen LogP contribution in [-0.4, -0.2) is 31.5 Å². The summed E-state index contributed by atoms with van der Waals surface area (Å²) in [6.45, 7) is 7.17. The predicted molar refractivity (Wildman–Crippen MR) is 67.1 cm³/mol. The van der Waals surface area contributed by atoms with Gasteiger partial charge in [-0.3, -0.25) is 0 Å². The van der Waals surface area contributed by atoms with Crippen molar-refractivity contribution in [1.82, 2.24) is 5.32 Å². The summed E-state index contributed by atoms with van der Waals surface area (Å²) >= 11 is 0. The molecule has 0 aliphatic heterocycles. The second kappa shape index (κ2) is 6.79.